The van der Waals surface area contributed by atoms with Crippen LogP contribution >= 0.6 is 0 Å². The van der Waals surface area contributed by atoms with Crippen LogP contribution in [0.1, 0.15) is 33.6 Å². The van der Waals surface area contributed by atoms with Crippen molar-refractivity contribution in [3.63, 3.8) is 0 Å². The van der Waals surface area contributed by atoms with E-state index in [4.69, 9.17) is 5.11 Å². The molecule has 0 aliphatic carbocycles. The summed E-state index contributed by atoms with van der Waals surface area (Å²) in [4.78, 5) is 51.0. The number of aliphatic hydroxyl groups excluding tert-OH is 1. The largest absolute Gasteiger partial charge is 0.395 e. The van der Waals surface area contributed by atoms with E-state index in [1.165, 1.54) is 0 Å². The summed E-state index contributed by atoms with van der Waals surface area (Å²) in [7, 11) is 0. The fourth-order valence-electron chi connectivity index (χ4n) is 3.21. The lowest BCUT2D eigenvalue weighted by atomic mass is 10.1. The number of hydrogen-bond acceptors (Lipinski definition) is 5. The molecule has 2 fully saturated rings. The lowest BCUT2D eigenvalue weighted by Crippen LogP contribution is -2.39. The van der Waals surface area contributed by atoms with Crippen molar-refractivity contribution in [2.75, 3.05) is 45.9 Å². The highest BCUT2D eigenvalue weighted by molar-refractivity contribution is 5.90. The number of rotatable bonds is 8. The van der Waals surface area contributed by atoms with E-state index in [9.17, 15) is 19.2 Å². The normalized spacial score (nSPS) is 21.8. The van der Waals surface area contributed by atoms with Crippen molar-refractivity contribution in [3.05, 3.63) is 0 Å². The second-order valence-corrected chi connectivity index (χ2v) is 6.39. The quantitative estimate of drug-likeness (QED) is 0.494. The highest BCUT2D eigenvalue weighted by atomic mass is 16.3. The van der Waals surface area contributed by atoms with E-state index in [1.807, 2.05) is 20.8 Å². The minimum absolute atomic E-state index is 0.0832. The van der Waals surface area contributed by atoms with Crippen molar-refractivity contribution >= 4 is 23.6 Å². The third kappa shape index (κ3) is 6.50. The van der Waals surface area contributed by atoms with Crippen LogP contribution in [0.4, 0.5) is 0 Å². The maximum atomic E-state index is 12.0. The molecule has 9 nitrogen and oxygen atoms in total. The number of nitrogens with one attached hydrogen (secondary N) is 2. The van der Waals surface area contributed by atoms with E-state index in [0.717, 1.165) is 0 Å². The Morgan fingerprint density at radius 3 is 1.81 bits per heavy atom. The molecule has 2 atom stereocenters. The molecule has 2 unspecified atom stereocenters. The number of likely N-dealkylation sites (tertiary alicyclic amines) is 2. The first-order chi connectivity index (χ1) is 13.0. The van der Waals surface area contributed by atoms with E-state index in [1.54, 1.807) is 9.80 Å². The van der Waals surface area contributed by atoms with Gasteiger partial charge in [-0.1, -0.05) is 13.8 Å². The Kier molecular flexibility index (Phi) is 9.77. The number of carbonyl (C=O) groups is 4. The molecule has 0 bridgehead atoms. The van der Waals surface area contributed by atoms with Crippen molar-refractivity contribution in [1.82, 2.24) is 20.4 Å². The predicted molar refractivity (Wildman–Crippen MR) is 99.5 cm³/mol. The second kappa shape index (κ2) is 11.5. The lowest BCUT2D eigenvalue weighted by Gasteiger charge is -2.22. The monoisotopic (exact) mass is 384 g/mol. The van der Waals surface area contributed by atoms with Gasteiger partial charge >= 0.3 is 0 Å². The summed E-state index contributed by atoms with van der Waals surface area (Å²) >= 11 is 0. The van der Waals surface area contributed by atoms with Crippen LogP contribution in [0.3, 0.4) is 0 Å². The first kappa shape index (κ1) is 22.9. The van der Waals surface area contributed by atoms with Crippen LogP contribution < -0.4 is 10.6 Å². The standard InChI is InChI=1S/C16H26N4O5.C2H6/c1-2-17-15(24)11-7-13(22)19(9-11)4-5-20-10-12(8-14(20)23)16(25)18-3-6-21;1-2/h11-12,21H,2-10H2,1H3,(H,17,24)(H,18,25);1-2H3. The number of amides is 4. The summed E-state index contributed by atoms with van der Waals surface area (Å²) in [5, 5.41) is 14.0. The topological polar surface area (TPSA) is 119 Å². The molecule has 0 aromatic rings. The summed E-state index contributed by atoms with van der Waals surface area (Å²) < 4.78 is 0. The van der Waals surface area contributed by atoms with Crippen molar-refractivity contribution < 1.29 is 24.3 Å². The summed E-state index contributed by atoms with van der Waals surface area (Å²) in [6.45, 7) is 7.81. The fourth-order valence-corrected chi connectivity index (χ4v) is 3.21. The van der Waals surface area contributed by atoms with Gasteiger partial charge in [0, 0.05) is 52.1 Å². The van der Waals surface area contributed by atoms with E-state index < -0.39 is 5.92 Å². The Morgan fingerprint density at radius 2 is 1.41 bits per heavy atom. The summed E-state index contributed by atoms with van der Waals surface area (Å²) in [6, 6.07) is 0. The Hall–Kier alpha value is -2.16. The molecular weight excluding hydrogens is 352 g/mol. The molecule has 2 rings (SSSR count). The van der Waals surface area contributed by atoms with Crippen molar-refractivity contribution in [1.29, 1.82) is 0 Å². The van der Waals surface area contributed by atoms with Gasteiger partial charge in [-0.2, -0.15) is 0 Å². The lowest BCUT2D eigenvalue weighted by molar-refractivity contribution is -0.131. The molecular formula is C18H32N4O5. The zero-order valence-corrected chi connectivity index (χ0v) is 16.5. The summed E-state index contributed by atoms with van der Waals surface area (Å²) in [6.07, 6.45) is 0.346. The minimum atomic E-state index is -0.420. The van der Waals surface area contributed by atoms with E-state index in [-0.39, 0.29) is 55.5 Å². The van der Waals surface area contributed by atoms with Gasteiger partial charge in [0.1, 0.15) is 0 Å². The number of aliphatic hydroxyl groups is 1. The van der Waals surface area contributed by atoms with E-state index in [2.05, 4.69) is 10.6 Å². The molecule has 2 saturated heterocycles. The first-order valence-electron chi connectivity index (χ1n) is 9.68. The fraction of sp³-hybridized carbons (Fsp3) is 0.778. The number of carbonyl (C=O) groups excluding carboxylic acids is 4. The predicted octanol–water partition coefficient (Wildman–Crippen LogP) is -1.05. The third-order valence-electron chi connectivity index (χ3n) is 4.57. The van der Waals surface area contributed by atoms with Crippen molar-refractivity contribution in [2.24, 2.45) is 11.8 Å². The van der Waals surface area contributed by atoms with Crippen LogP contribution in [0.2, 0.25) is 0 Å². The van der Waals surface area contributed by atoms with Crippen molar-refractivity contribution in [2.45, 2.75) is 33.6 Å². The van der Waals surface area contributed by atoms with Crippen molar-refractivity contribution in [3.8, 4) is 0 Å². The van der Waals surface area contributed by atoms with Crippen LogP contribution in [-0.4, -0.2) is 84.4 Å². The Labute approximate surface area is 160 Å². The highest BCUT2D eigenvalue weighted by Gasteiger charge is 2.37. The smallest absolute Gasteiger partial charge is 0.225 e. The van der Waals surface area contributed by atoms with Gasteiger partial charge in [0.2, 0.25) is 23.6 Å². The average molecular weight is 384 g/mol. The van der Waals surface area contributed by atoms with Crippen LogP contribution in [0.15, 0.2) is 0 Å². The molecule has 0 aromatic carbocycles. The zero-order chi connectivity index (χ0) is 20.4. The molecule has 27 heavy (non-hydrogen) atoms. The third-order valence-corrected chi connectivity index (χ3v) is 4.57. The minimum Gasteiger partial charge on any atom is -0.395 e. The summed E-state index contributed by atoms with van der Waals surface area (Å²) in [5.41, 5.74) is 0. The van der Waals surface area contributed by atoms with Gasteiger partial charge in [-0.05, 0) is 6.92 Å². The Bertz CT molecular complexity index is 540. The molecule has 3 N–H and O–H groups in total. The molecule has 154 valence electrons. The van der Waals surface area contributed by atoms with Gasteiger partial charge in [0.05, 0.1) is 18.4 Å². The molecule has 2 aliphatic rings. The van der Waals surface area contributed by atoms with Gasteiger partial charge in [0.25, 0.3) is 0 Å². The number of nitrogens with zero attached hydrogens (tertiary/aromatic N) is 2. The first-order valence-corrected chi connectivity index (χ1v) is 9.68. The van der Waals surface area contributed by atoms with E-state index in [0.29, 0.717) is 32.7 Å². The maximum absolute atomic E-state index is 12.0. The second-order valence-electron chi connectivity index (χ2n) is 6.39. The molecule has 2 heterocycles. The molecule has 0 saturated carbocycles. The SMILES string of the molecule is CC.CCNC(=O)C1CC(=O)N(CCN2CC(C(=O)NCCO)CC2=O)C1. The average Bonchev–Trinajstić information content (AvgIpc) is 3.22. The Balaban J connectivity index is 0.00000176. The summed E-state index contributed by atoms with van der Waals surface area (Å²) in [5.74, 6) is -1.30. The molecule has 2 aliphatic heterocycles. The molecule has 0 aromatic heterocycles. The van der Waals surface area contributed by atoms with E-state index >= 15 is 0 Å². The molecule has 0 radical (unpaired) electrons. The number of hydrogen-bond donors (Lipinski definition) is 3. The van der Waals surface area contributed by atoms with Gasteiger partial charge in [-0.25, -0.2) is 0 Å². The van der Waals surface area contributed by atoms with Gasteiger partial charge in [-0.3, -0.25) is 19.2 Å². The van der Waals surface area contributed by atoms with Crippen LogP contribution in [0, 0.1) is 11.8 Å². The highest BCUT2D eigenvalue weighted by Crippen LogP contribution is 2.20. The van der Waals surface area contributed by atoms with Gasteiger partial charge in [-0.15, -0.1) is 0 Å². The van der Waals surface area contributed by atoms with Crippen LogP contribution in [-0.2, 0) is 19.2 Å². The van der Waals surface area contributed by atoms with Crippen LogP contribution in [0.25, 0.3) is 0 Å². The van der Waals surface area contributed by atoms with Gasteiger partial charge in [0.15, 0.2) is 0 Å². The van der Waals surface area contributed by atoms with Crippen LogP contribution in [0.5, 0.6) is 0 Å². The molecule has 4 amide bonds. The maximum Gasteiger partial charge on any atom is 0.225 e. The van der Waals surface area contributed by atoms with Gasteiger partial charge < -0.3 is 25.5 Å². The molecule has 0 spiro atoms. The zero-order valence-electron chi connectivity index (χ0n) is 16.5. The Morgan fingerprint density at radius 1 is 0.963 bits per heavy atom. The molecule has 9 heteroatoms.